The minimum absolute atomic E-state index is 0.122. The van der Waals surface area contributed by atoms with Crippen LogP contribution in [-0.4, -0.2) is 29.5 Å². The van der Waals surface area contributed by atoms with Crippen molar-refractivity contribution in [3.63, 3.8) is 0 Å². The lowest BCUT2D eigenvalue weighted by molar-refractivity contribution is -0.00534. The van der Waals surface area contributed by atoms with Crippen LogP contribution in [0.1, 0.15) is 75.7 Å². The Balaban J connectivity index is 2.24. The van der Waals surface area contributed by atoms with Gasteiger partial charge in [0.25, 0.3) is 0 Å². The Morgan fingerprint density at radius 2 is 1.83 bits per heavy atom. The fourth-order valence-corrected chi connectivity index (χ4v) is 6.28. The molecule has 1 unspecified atom stereocenters. The maximum atomic E-state index is 11.5. The number of phenols is 2. The summed E-state index contributed by atoms with van der Waals surface area (Å²) in [6, 6.07) is 1.16. The van der Waals surface area contributed by atoms with Gasteiger partial charge in [-0.15, -0.1) is 0 Å². The molecule has 0 spiro atoms. The van der Waals surface area contributed by atoms with Crippen LogP contribution in [0.5, 0.6) is 17.2 Å². The van der Waals surface area contributed by atoms with Gasteiger partial charge in [-0.3, -0.25) is 9.35 Å². The molecule has 0 saturated heterocycles. The number of phenolic OH excluding ortho intramolecular Hbond substituents is 2. The first-order valence-electron chi connectivity index (χ1n) is 10.2. The highest BCUT2D eigenvalue weighted by atomic mass is 32.3. The van der Waals surface area contributed by atoms with E-state index in [1.54, 1.807) is 6.08 Å². The van der Waals surface area contributed by atoms with Crippen LogP contribution in [-0.2, 0) is 10.4 Å². The summed E-state index contributed by atoms with van der Waals surface area (Å²) >= 11 is 0. The van der Waals surface area contributed by atoms with Gasteiger partial charge in [0.2, 0.25) is 0 Å². The zero-order valence-electron chi connectivity index (χ0n) is 17.8. The van der Waals surface area contributed by atoms with Crippen molar-refractivity contribution >= 4 is 22.8 Å². The number of rotatable bonds is 4. The summed E-state index contributed by atoms with van der Waals surface area (Å²) in [5.74, 6) is -1.23. The molecule has 3 rings (SSSR count). The Bertz CT molecular complexity index is 993. The van der Waals surface area contributed by atoms with Crippen LogP contribution in [0.4, 0.5) is 0 Å². The standard InChI is InChI=1S/C22H30O7S/c1-13-6-7-18-21(2,3)8-5-9-22(18,4)16(13)10-14-11-17(24)19(25)15(12-23)20(14)29-30(26,27)28/h10-13,18,24-25H,5-9H2,1-4H3,(H,26,27,28)/t13-,18?,22+/m0/s1. The predicted molar refractivity (Wildman–Crippen MR) is 113 cm³/mol. The molecule has 0 aromatic heterocycles. The van der Waals surface area contributed by atoms with E-state index in [9.17, 15) is 28.0 Å². The van der Waals surface area contributed by atoms with E-state index in [-0.39, 0.29) is 28.6 Å². The van der Waals surface area contributed by atoms with Crippen molar-refractivity contribution in [2.45, 2.75) is 59.8 Å². The van der Waals surface area contributed by atoms with Crippen molar-refractivity contribution in [2.24, 2.45) is 22.7 Å². The average molecular weight is 439 g/mol. The largest absolute Gasteiger partial charge is 0.504 e. The molecule has 0 amide bonds. The van der Waals surface area contributed by atoms with Gasteiger partial charge in [-0.25, -0.2) is 0 Å². The van der Waals surface area contributed by atoms with Gasteiger partial charge in [0.1, 0.15) is 5.56 Å². The maximum Gasteiger partial charge on any atom is 0.446 e. The lowest BCUT2D eigenvalue weighted by Gasteiger charge is -2.56. The molecule has 3 N–H and O–H groups in total. The molecule has 166 valence electrons. The molecule has 0 bridgehead atoms. The summed E-state index contributed by atoms with van der Waals surface area (Å²) in [5.41, 5.74) is 0.702. The molecule has 1 aromatic rings. The minimum Gasteiger partial charge on any atom is -0.504 e. The number of aromatic hydroxyl groups is 2. The van der Waals surface area contributed by atoms with Gasteiger partial charge in [0.05, 0.1) is 0 Å². The van der Waals surface area contributed by atoms with Gasteiger partial charge in [-0.05, 0) is 54.4 Å². The fraction of sp³-hybridized carbons (Fsp3) is 0.591. The van der Waals surface area contributed by atoms with Crippen molar-refractivity contribution in [1.82, 2.24) is 0 Å². The molecule has 2 aliphatic carbocycles. The van der Waals surface area contributed by atoms with Crippen molar-refractivity contribution in [1.29, 1.82) is 0 Å². The normalized spacial score (nSPS) is 30.0. The highest BCUT2D eigenvalue weighted by molar-refractivity contribution is 7.81. The zero-order chi connectivity index (χ0) is 22.5. The molecule has 3 atom stereocenters. The monoisotopic (exact) mass is 438 g/mol. The summed E-state index contributed by atoms with van der Waals surface area (Å²) in [5, 5.41) is 20.1. The third-order valence-electron chi connectivity index (χ3n) is 7.22. The molecule has 2 saturated carbocycles. The Hall–Kier alpha value is -2.06. The molecule has 7 nitrogen and oxygen atoms in total. The zero-order valence-corrected chi connectivity index (χ0v) is 18.6. The Morgan fingerprint density at radius 1 is 1.17 bits per heavy atom. The summed E-state index contributed by atoms with van der Waals surface area (Å²) in [7, 11) is -4.95. The molecule has 1 aromatic carbocycles. The van der Waals surface area contributed by atoms with Crippen LogP contribution in [0, 0.1) is 22.7 Å². The van der Waals surface area contributed by atoms with Crippen LogP contribution in [0.15, 0.2) is 11.6 Å². The molecular weight excluding hydrogens is 408 g/mol. The number of hydrogen-bond acceptors (Lipinski definition) is 6. The highest BCUT2D eigenvalue weighted by Crippen LogP contribution is 2.61. The summed E-state index contributed by atoms with van der Waals surface area (Å²) in [6.45, 7) is 8.91. The average Bonchev–Trinajstić information content (AvgIpc) is 2.60. The second-order valence-corrected chi connectivity index (χ2v) is 10.6. The van der Waals surface area contributed by atoms with E-state index in [0.717, 1.165) is 43.7 Å². The first-order chi connectivity index (χ1) is 13.8. The Kier molecular flexibility index (Phi) is 5.71. The minimum atomic E-state index is -4.95. The maximum absolute atomic E-state index is 11.5. The first-order valence-corrected chi connectivity index (χ1v) is 11.6. The lowest BCUT2D eigenvalue weighted by Crippen LogP contribution is -2.47. The summed E-state index contributed by atoms with van der Waals surface area (Å²) in [6.07, 6.45) is 7.20. The number of carbonyl (C=O) groups excluding carboxylic acids is 1. The van der Waals surface area contributed by atoms with E-state index >= 15 is 0 Å². The van der Waals surface area contributed by atoms with E-state index < -0.39 is 33.2 Å². The Morgan fingerprint density at radius 3 is 2.43 bits per heavy atom. The molecular formula is C22H30O7S. The molecule has 8 heteroatoms. The van der Waals surface area contributed by atoms with Crippen LogP contribution in [0.25, 0.3) is 6.08 Å². The molecule has 0 aliphatic heterocycles. The van der Waals surface area contributed by atoms with Gasteiger partial charge in [0, 0.05) is 5.56 Å². The van der Waals surface area contributed by atoms with Gasteiger partial charge >= 0.3 is 10.4 Å². The number of benzene rings is 1. The lowest BCUT2D eigenvalue weighted by atomic mass is 9.48. The number of allylic oxidation sites excluding steroid dienone is 1. The quantitative estimate of drug-likeness (QED) is 0.353. The van der Waals surface area contributed by atoms with Gasteiger partial charge in [-0.2, -0.15) is 8.42 Å². The van der Waals surface area contributed by atoms with E-state index in [2.05, 4.69) is 31.9 Å². The molecule has 30 heavy (non-hydrogen) atoms. The van der Waals surface area contributed by atoms with Crippen LogP contribution < -0.4 is 4.18 Å². The van der Waals surface area contributed by atoms with Crippen molar-refractivity contribution in [2.75, 3.05) is 0 Å². The van der Waals surface area contributed by atoms with Crippen molar-refractivity contribution in [3.05, 3.63) is 22.8 Å². The van der Waals surface area contributed by atoms with Crippen molar-refractivity contribution in [3.8, 4) is 17.2 Å². The predicted octanol–water partition coefficient (Wildman–Crippen LogP) is 4.74. The highest BCUT2D eigenvalue weighted by Gasteiger charge is 2.51. The third-order valence-corrected chi connectivity index (χ3v) is 7.60. The molecule has 0 heterocycles. The SMILES string of the molecule is C[C@H]1CCC2C(C)(C)CCC[C@]2(C)C1=Cc1cc(O)c(O)c(C=O)c1OS(=O)(=O)O. The van der Waals surface area contributed by atoms with E-state index in [1.165, 1.54) is 0 Å². The second-order valence-electron chi connectivity index (χ2n) is 9.60. The number of carbonyl (C=O) groups is 1. The van der Waals surface area contributed by atoms with Gasteiger partial charge < -0.3 is 14.4 Å². The second kappa shape index (κ2) is 7.57. The van der Waals surface area contributed by atoms with Gasteiger partial charge in [-0.1, -0.05) is 45.8 Å². The first kappa shape index (κ1) is 22.6. The summed E-state index contributed by atoms with van der Waals surface area (Å²) in [4.78, 5) is 11.5. The topological polar surface area (TPSA) is 121 Å². The smallest absolute Gasteiger partial charge is 0.446 e. The van der Waals surface area contributed by atoms with E-state index in [4.69, 9.17) is 0 Å². The molecule has 2 fully saturated rings. The van der Waals surface area contributed by atoms with Gasteiger partial charge in [0.15, 0.2) is 23.5 Å². The van der Waals surface area contributed by atoms with E-state index in [1.807, 2.05) is 0 Å². The van der Waals surface area contributed by atoms with Crippen LogP contribution >= 0.6 is 0 Å². The fourth-order valence-electron chi connectivity index (χ4n) is 5.88. The van der Waals surface area contributed by atoms with E-state index in [0.29, 0.717) is 5.92 Å². The number of hydrogen-bond donors (Lipinski definition) is 3. The summed E-state index contributed by atoms with van der Waals surface area (Å²) < 4.78 is 36.7. The number of aldehydes is 1. The molecule has 2 aliphatic rings. The van der Waals surface area contributed by atoms with Crippen LogP contribution in [0.2, 0.25) is 0 Å². The molecule has 0 radical (unpaired) electrons. The van der Waals surface area contributed by atoms with Crippen molar-refractivity contribution < 1.29 is 32.2 Å². The third kappa shape index (κ3) is 3.95. The Labute approximate surface area is 177 Å². The number of fused-ring (bicyclic) bond motifs is 1. The van der Waals surface area contributed by atoms with Crippen LogP contribution in [0.3, 0.4) is 0 Å².